The molecule has 0 unspecified atom stereocenters. The number of aromatic nitrogens is 6. The first-order valence-corrected chi connectivity index (χ1v) is 12.7. The average Bonchev–Trinajstić information content (AvgIpc) is 2.64. The Morgan fingerprint density at radius 2 is 0.667 bits per heavy atom. The molecule has 0 saturated heterocycles. The largest absolute Gasteiger partial charge is 0.354 e. The molecule has 0 aliphatic carbocycles. The highest BCUT2D eigenvalue weighted by molar-refractivity contribution is 6.68. The average molecular weight is 702 g/mol. The number of anilines is 2. The fourth-order valence-electron chi connectivity index (χ4n) is 1.91. The zero-order valence-electron chi connectivity index (χ0n) is 15.3. The third-order valence-electron chi connectivity index (χ3n) is 3.20. The van der Waals surface area contributed by atoms with Crippen molar-refractivity contribution in [1.82, 2.24) is 29.9 Å². The Morgan fingerprint density at radius 1 is 0.424 bits per heavy atom. The minimum atomic E-state index is -1.97. The van der Waals surface area contributed by atoms with Gasteiger partial charge in [0.05, 0.1) is 0 Å². The van der Waals surface area contributed by atoms with Crippen molar-refractivity contribution in [2.24, 2.45) is 0 Å². The van der Waals surface area contributed by atoms with E-state index in [-0.39, 0.29) is 35.2 Å². The molecule has 2 aromatic rings. The quantitative estimate of drug-likeness (QED) is 0.240. The van der Waals surface area contributed by atoms with Gasteiger partial charge in [-0.2, -0.15) is 19.9 Å². The van der Waals surface area contributed by atoms with Crippen molar-refractivity contribution in [2.75, 3.05) is 23.7 Å². The van der Waals surface area contributed by atoms with Crippen LogP contribution in [0.2, 0.25) is 0 Å². The van der Waals surface area contributed by atoms with Crippen LogP contribution in [0.15, 0.2) is 0 Å². The standard InChI is InChI=1S/C13H8Cl12N8/c14-10(15,16)4-28-5(11(17,18)19)31-8(30-4)26-2-1-3-27-9-32-6(12(20,21)22)29-7(33-9)13(23,24)25/h1-3H2,(H,26,28,30,31)(H,27,29,32,33). The molecule has 184 valence electrons. The number of nitrogens with zero attached hydrogens (tertiary/aromatic N) is 6. The minimum Gasteiger partial charge on any atom is -0.354 e. The number of rotatable bonds is 6. The van der Waals surface area contributed by atoms with Gasteiger partial charge in [0, 0.05) is 13.1 Å². The van der Waals surface area contributed by atoms with Crippen molar-refractivity contribution in [2.45, 2.75) is 21.6 Å². The molecule has 0 radical (unpaired) electrons. The Balaban J connectivity index is 2.07. The van der Waals surface area contributed by atoms with Gasteiger partial charge in [-0.1, -0.05) is 139 Å². The molecule has 20 heteroatoms. The van der Waals surface area contributed by atoms with Crippen LogP contribution >= 0.6 is 139 Å². The molecule has 0 bridgehead atoms. The Morgan fingerprint density at radius 3 is 0.879 bits per heavy atom. The molecule has 0 aliphatic rings. The van der Waals surface area contributed by atoms with Crippen LogP contribution in [0.4, 0.5) is 11.9 Å². The molecule has 33 heavy (non-hydrogen) atoms. The van der Waals surface area contributed by atoms with Crippen molar-refractivity contribution in [3.8, 4) is 0 Å². The number of halogens is 12. The van der Waals surface area contributed by atoms with E-state index in [9.17, 15) is 0 Å². The van der Waals surface area contributed by atoms with Gasteiger partial charge in [-0.25, -0.2) is 9.97 Å². The summed E-state index contributed by atoms with van der Waals surface area (Å²) < 4.78 is -7.87. The molecule has 0 fully saturated rings. The number of alkyl halides is 12. The molecular weight excluding hydrogens is 694 g/mol. The molecule has 0 amide bonds. The molecule has 8 nitrogen and oxygen atoms in total. The third-order valence-corrected chi connectivity index (χ3v) is 5.23. The predicted molar refractivity (Wildman–Crippen MR) is 138 cm³/mol. The first-order valence-electron chi connectivity index (χ1n) is 8.16. The van der Waals surface area contributed by atoms with Crippen LogP contribution in [0.3, 0.4) is 0 Å². The van der Waals surface area contributed by atoms with E-state index in [1.807, 2.05) is 0 Å². The van der Waals surface area contributed by atoms with Gasteiger partial charge in [-0.05, 0) is 6.42 Å². The molecule has 0 atom stereocenters. The van der Waals surface area contributed by atoms with E-state index >= 15 is 0 Å². The zero-order chi connectivity index (χ0) is 25.2. The van der Waals surface area contributed by atoms with E-state index in [0.29, 0.717) is 19.5 Å². The van der Waals surface area contributed by atoms with E-state index in [2.05, 4.69) is 40.5 Å². The molecule has 0 saturated carbocycles. The van der Waals surface area contributed by atoms with Gasteiger partial charge >= 0.3 is 0 Å². The highest BCUT2D eigenvalue weighted by Crippen LogP contribution is 2.41. The maximum Gasteiger partial charge on any atom is 0.250 e. The summed E-state index contributed by atoms with van der Waals surface area (Å²) in [4.78, 5) is 23.7. The first-order chi connectivity index (χ1) is 14.9. The fourth-order valence-corrected chi connectivity index (χ4v) is 2.92. The normalized spacial score (nSPS) is 13.2. The van der Waals surface area contributed by atoms with Crippen LogP contribution in [0.1, 0.15) is 29.7 Å². The van der Waals surface area contributed by atoms with Gasteiger partial charge in [-0.3, -0.25) is 0 Å². The zero-order valence-corrected chi connectivity index (χ0v) is 24.4. The monoisotopic (exact) mass is 696 g/mol. The van der Waals surface area contributed by atoms with Crippen LogP contribution in [0, 0.1) is 0 Å². The lowest BCUT2D eigenvalue weighted by Crippen LogP contribution is -2.20. The molecule has 0 aromatic carbocycles. The molecule has 2 aromatic heterocycles. The van der Waals surface area contributed by atoms with Crippen molar-refractivity contribution in [1.29, 1.82) is 0 Å². The summed E-state index contributed by atoms with van der Waals surface area (Å²) >= 11 is 70.0. The van der Waals surface area contributed by atoms with Crippen molar-refractivity contribution >= 4 is 151 Å². The topological polar surface area (TPSA) is 101 Å². The van der Waals surface area contributed by atoms with Crippen LogP contribution < -0.4 is 10.6 Å². The summed E-state index contributed by atoms with van der Waals surface area (Å²) in [6.07, 6.45) is 0.468. The molecule has 2 N–H and O–H groups in total. The van der Waals surface area contributed by atoms with E-state index < -0.39 is 15.2 Å². The molecule has 2 rings (SSSR count). The first kappa shape index (κ1) is 30.3. The van der Waals surface area contributed by atoms with Gasteiger partial charge in [0.15, 0.2) is 23.3 Å². The smallest absolute Gasteiger partial charge is 0.250 e. The summed E-state index contributed by atoms with van der Waals surface area (Å²) in [7, 11) is 0. The van der Waals surface area contributed by atoms with E-state index in [4.69, 9.17) is 139 Å². The molecular formula is C13H8Cl12N8. The van der Waals surface area contributed by atoms with E-state index in [0.717, 1.165) is 0 Å². The van der Waals surface area contributed by atoms with Crippen molar-refractivity contribution < 1.29 is 0 Å². The van der Waals surface area contributed by atoms with E-state index in [1.165, 1.54) is 0 Å². The van der Waals surface area contributed by atoms with E-state index in [1.54, 1.807) is 0 Å². The highest BCUT2D eigenvalue weighted by Gasteiger charge is 2.35. The van der Waals surface area contributed by atoms with Gasteiger partial charge < -0.3 is 10.6 Å². The maximum absolute atomic E-state index is 5.83. The predicted octanol–water partition coefficient (Wildman–Crippen LogP) is 7.28. The maximum atomic E-state index is 5.83. The van der Waals surface area contributed by atoms with Crippen LogP contribution in [0.25, 0.3) is 0 Å². The Bertz CT molecular complexity index is 824. The van der Waals surface area contributed by atoms with Crippen molar-refractivity contribution in [3.63, 3.8) is 0 Å². The molecule has 2 heterocycles. The number of hydrogen-bond donors (Lipinski definition) is 2. The SMILES string of the molecule is ClC(Cl)(Cl)c1nc(NCCCNc2nc(C(Cl)(Cl)Cl)nc(C(Cl)(Cl)Cl)n2)nc(C(Cl)(Cl)Cl)n1. The lowest BCUT2D eigenvalue weighted by molar-refractivity contribution is 0.814. The Labute approximate surface area is 247 Å². The highest BCUT2D eigenvalue weighted by atomic mass is 35.6. The number of hydrogen-bond acceptors (Lipinski definition) is 8. The van der Waals surface area contributed by atoms with Gasteiger partial charge in [0.1, 0.15) is 0 Å². The third kappa shape index (κ3) is 9.82. The minimum absolute atomic E-state index is 0.0183. The van der Waals surface area contributed by atoms with Gasteiger partial charge in [0.25, 0.3) is 0 Å². The Kier molecular flexibility index (Phi) is 10.7. The summed E-state index contributed by atoms with van der Waals surface area (Å²) in [6, 6.07) is 0. The van der Waals surface area contributed by atoms with Crippen molar-refractivity contribution in [3.05, 3.63) is 23.3 Å². The summed E-state index contributed by atoms with van der Waals surface area (Å²) in [5.74, 6) is -0.878. The molecule has 0 spiro atoms. The lowest BCUT2D eigenvalue weighted by atomic mass is 10.4. The van der Waals surface area contributed by atoms with Crippen LogP contribution in [-0.4, -0.2) is 43.0 Å². The van der Waals surface area contributed by atoms with Crippen LogP contribution in [0.5, 0.6) is 0 Å². The Hall–Kier alpha value is 1.10. The second-order valence-corrected chi connectivity index (χ2v) is 14.9. The van der Waals surface area contributed by atoms with Gasteiger partial charge in [-0.15, -0.1) is 0 Å². The number of nitrogens with one attached hydrogen (secondary N) is 2. The second-order valence-electron chi connectivity index (χ2n) is 5.81. The summed E-state index contributed by atoms with van der Waals surface area (Å²) in [5, 5.41) is 5.79. The fraction of sp³-hybridized carbons (Fsp3) is 0.538. The summed E-state index contributed by atoms with van der Waals surface area (Å²) in [6.45, 7) is 0.630. The lowest BCUT2D eigenvalue weighted by Gasteiger charge is -2.16. The second kappa shape index (κ2) is 11.7. The molecule has 0 aliphatic heterocycles. The van der Waals surface area contributed by atoms with Crippen LogP contribution in [-0.2, 0) is 15.2 Å². The summed E-state index contributed by atoms with van der Waals surface area (Å²) in [5.41, 5.74) is 0. The van der Waals surface area contributed by atoms with Gasteiger partial charge in [0.2, 0.25) is 27.1 Å².